The first kappa shape index (κ1) is 26.3. The van der Waals surface area contributed by atoms with Gasteiger partial charge >= 0.3 is 220 Å². The maximum atomic E-state index is 13.1. The first-order valence-corrected chi connectivity index (χ1v) is 19.2. The molecule has 186 valence electrons. The van der Waals surface area contributed by atoms with E-state index in [0.717, 1.165) is 33.2 Å². The molecule has 0 radical (unpaired) electrons. The van der Waals surface area contributed by atoms with Crippen molar-refractivity contribution >= 4 is 66.6 Å². The van der Waals surface area contributed by atoms with Crippen molar-refractivity contribution in [3.8, 4) is 0 Å². The number of halogens is 2. The Morgan fingerprint density at radius 2 is 0.778 bits per heavy atom. The molecule has 0 saturated heterocycles. The molecule has 0 aromatic heterocycles. The molecule has 0 fully saturated rings. The topological polar surface area (TPSA) is 92.3 Å². The molecule has 36 heavy (non-hydrogen) atoms. The third-order valence-corrected chi connectivity index (χ3v) is 14.7. The molecule has 0 aliphatic heterocycles. The zero-order chi connectivity index (χ0) is 25.8. The predicted molar refractivity (Wildman–Crippen MR) is 138 cm³/mol. The second-order valence-electron chi connectivity index (χ2n) is 7.33. The number of benzene rings is 4. The van der Waals surface area contributed by atoms with Gasteiger partial charge in [0.1, 0.15) is 0 Å². The molecule has 0 heterocycles. The molecule has 4 aromatic carbocycles. The molecular weight excluding hydrogens is 640 g/mol. The van der Waals surface area contributed by atoms with E-state index in [1.165, 1.54) is 24.3 Å². The van der Waals surface area contributed by atoms with Gasteiger partial charge in [0.05, 0.1) is 0 Å². The minimum absolute atomic E-state index is 0.0241. The summed E-state index contributed by atoms with van der Waals surface area (Å²) in [6.45, 7) is 0. The van der Waals surface area contributed by atoms with E-state index in [0.29, 0.717) is 11.4 Å². The van der Waals surface area contributed by atoms with Crippen LogP contribution in [0.15, 0.2) is 107 Å². The average molecular weight is 658 g/mol. The van der Waals surface area contributed by atoms with Crippen LogP contribution in [-0.4, -0.2) is 43.1 Å². The third-order valence-electron chi connectivity index (χ3n) is 4.70. The summed E-state index contributed by atoms with van der Waals surface area (Å²) in [4.78, 5) is -0.0483. The first-order chi connectivity index (χ1) is 17.1. The SMILES string of the molecule is O=S(=O)(Nc1ccc([Se][Se]c2ccc(NS(=O)(=O)c3ccc(F)cc3)cc2)cc1)c1ccc(F)cc1. The molecule has 12 heteroatoms. The van der Waals surface area contributed by atoms with E-state index in [-0.39, 0.29) is 36.1 Å². The van der Waals surface area contributed by atoms with Gasteiger partial charge in [0.15, 0.2) is 0 Å². The van der Waals surface area contributed by atoms with Gasteiger partial charge < -0.3 is 0 Å². The van der Waals surface area contributed by atoms with Gasteiger partial charge in [0.25, 0.3) is 0 Å². The van der Waals surface area contributed by atoms with E-state index in [9.17, 15) is 25.6 Å². The molecule has 0 aliphatic rings. The minimum atomic E-state index is -3.81. The molecule has 0 unspecified atom stereocenters. The van der Waals surface area contributed by atoms with Crippen molar-refractivity contribution in [3.63, 3.8) is 0 Å². The standard InChI is InChI=1S/C24H18F2N2O4S2Se2/c25-17-1-9-21(10-2-17)33(29,30)27-19-5-13-23(14-6-19)35-36-24-15-7-20(8-16-24)28-34(31,32)22-11-3-18(26)4-12-22/h1-16,27-28H. The van der Waals surface area contributed by atoms with Crippen LogP contribution in [0.25, 0.3) is 0 Å². The Morgan fingerprint density at radius 1 is 0.472 bits per heavy atom. The molecule has 4 rings (SSSR count). The second-order valence-corrected chi connectivity index (χ2v) is 17.0. The van der Waals surface area contributed by atoms with Crippen molar-refractivity contribution < 1.29 is 25.6 Å². The van der Waals surface area contributed by atoms with Crippen LogP contribution in [0, 0.1) is 11.6 Å². The maximum absolute atomic E-state index is 13.1. The zero-order valence-electron chi connectivity index (χ0n) is 18.3. The van der Waals surface area contributed by atoms with E-state index in [1.807, 2.05) is 24.3 Å². The van der Waals surface area contributed by atoms with Crippen molar-refractivity contribution in [3.05, 3.63) is 109 Å². The van der Waals surface area contributed by atoms with E-state index < -0.39 is 31.7 Å². The molecule has 0 atom stereocenters. The van der Waals surface area contributed by atoms with Crippen LogP contribution in [0.4, 0.5) is 20.2 Å². The van der Waals surface area contributed by atoms with Gasteiger partial charge in [-0.15, -0.1) is 0 Å². The van der Waals surface area contributed by atoms with E-state index in [2.05, 4.69) is 9.44 Å². The number of hydrogen-bond acceptors (Lipinski definition) is 4. The summed E-state index contributed by atoms with van der Waals surface area (Å²) in [5, 5.41) is 0. The Hall–Kier alpha value is -2.72. The molecule has 0 aliphatic carbocycles. The van der Waals surface area contributed by atoms with Gasteiger partial charge in [-0.05, 0) is 0 Å². The Labute approximate surface area is 219 Å². The van der Waals surface area contributed by atoms with Crippen LogP contribution in [-0.2, 0) is 20.0 Å². The second kappa shape index (κ2) is 11.1. The summed E-state index contributed by atoms with van der Waals surface area (Å²) >= 11 is 0.243. The van der Waals surface area contributed by atoms with Crippen molar-refractivity contribution in [2.45, 2.75) is 9.79 Å². The monoisotopic (exact) mass is 660 g/mol. The Kier molecular flexibility index (Phi) is 8.14. The summed E-state index contributed by atoms with van der Waals surface area (Å²) < 4.78 is 83.0. The molecule has 2 N–H and O–H groups in total. The first-order valence-electron chi connectivity index (χ1n) is 10.2. The van der Waals surface area contributed by atoms with Gasteiger partial charge in [-0.25, -0.2) is 0 Å². The Morgan fingerprint density at radius 3 is 1.08 bits per heavy atom. The summed E-state index contributed by atoms with van der Waals surface area (Å²) in [7, 11) is -7.62. The molecule has 0 bridgehead atoms. The molecule has 6 nitrogen and oxygen atoms in total. The zero-order valence-corrected chi connectivity index (χ0v) is 23.3. The number of sulfonamides is 2. The van der Waals surface area contributed by atoms with Gasteiger partial charge in [-0.2, -0.15) is 0 Å². The van der Waals surface area contributed by atoms with E-state index in [1.54, 1.807) is 24.3 Å². The number of rotatable bonds is 9. The number of anilines is 2. The van der Waals surface area contributed by atoms with Crippen LogP contribution in [0.5, 0.6) is 0 Å². The summed E-state index contributed by atoms with van der Waals surface area (Å²) in [6, 6.07) is 23.3. The van der Waals surface area contributed by atoms with Gasteiger partial charge in [-0.3, -0.25) is 0 Å². The van der Waals surface area contributed by atoms with Crippen molar-refractivity contribution in [1.82, 2.24) is 0 Å². The Balaban J connectivity index is 1.33. The van der Waals surface area contributed by atoms with Crippen LogP contribution in [0.1, 0.15) is 0 Å². The van der Waals surface area contributed by atoms with Crippen molar-refractivity contribution in [1.29, 1.82) is 0 Å². The summed E-state index contributed by atoms with van der Waals surface area (Å²) in [5.74, 6) is -1.02. The fourth-order valence-corrected chi connectivity index (χ4v) is 11.0. The summed E-state index contributed by atoms with van der Waals surface area (Å²) in [5.41, 5.74) is 0.813. The van der Waals surface area contributed by atoms with Crippen LogP contribution >= 0.6 is 0 Å². The van der Waals surface area contributed by atoms with Crippen LogP contribution in [0.2, 0.25) is 0 Å². The normalized spacial score (nSPS) is 11.7. The van der Waals surface area contributed by atoms with Gasteiger partial charge in [0, 0.05) is 0 Å². The third kappa shape index (κ3) is 6.94. The summed E-state index contributed by atoms with van der Waals surface area (Å²) in [6.07, 6.45) is 0. The molecule has 0 saturated carbocycles. The number of hydrogen-bond donors (Lipinski definition) is 2. The fourth-order valence-electron chi connectivity index (χ4n) is 2.91. The molecule has 0 spiro atoms. The molecule has 4 aromatic rings. The van der Waals surface area contributed by atoms with E-state index in [4.69, 9.17) is 0 Å². The van der Waals surface area contributed by atoms with E-state index >= 15 is 0 Å². The van der Waals surface area contributed by atoms with Gasteiger partial charge in [0.2, 0.25) is 0 Å². The quantitative estimate of drug-likeness (QED) is 0.271. The fraction of sp³-hybridized carbons (Fsp3) is 0. The van der Waals surface area contributed by atoms with Crippen LogP contribution in [0.3, 0.4) is 0 Å². The molecular formula is C24H18F2N2O4S2Se2. The van der Waals surface area contributed by atoms with Crippen molar-refractivity contribution in [2.75, 3.05) is 9.44 Å². The van der Waals surface area contributed by atoms with Gasteiger partial charge in [-0.1, -0.05) is 0 Å². The Bertz CT molecular complexity index is 1430. The average Bonchev–Trinajstić information content (AvgIpc) is 2.85. The predicted octanol–water partition coefficient (Wildman–Crippen LogP) is 2.84. The van der Waals surface area contributed by atoms with Crippen LogP contribution < -0.4 is 18.4 Å². The molecule has 0 amide bonds. The van der Waals surface area contributed by atoms with Crippen molar-refractivity contribution in [2.24, 2.45) is 0 Å². The number of nitrogens with one attached hydrogen (secondary N) is 2.